The van der Waals surface area contributed by atoms with Crippen LogP contribution in [0.15, 0.2) is 34.9 Å². The maximum atomic E-state index is 9.62. The maximum absolute atomic E-state index is 9.62. The van der Waals surface area contributed by atoms with Crippen molar-refractivity contribution >= 4 is 21.6 Å². The standard InChI is InChI=1S/C15H17BrN2O2/c1-9(11-4-6-13(19)14(8-11)20-3)17-12-5-7-15(16)18-10(12)2/h4-9,17,19H,1-3H3. The van der Waals surface area contributed by atoms with E-state index in [9.17, 15) is 5.11 Å². The lowest BCUT2D eigenvalue weighted by Crippen LogP contribution is -2.08. The third-order valence-corrected chi connectivity index (χ3v) is 3.57. The molecule has 0 spiro atoms. The Kier molecular flexibility index (Phi) is 4.49. The number of pyridine rings is 1. The molecule has 5 heteroatoms. The van der Waals surface area contributed by atoms with Crippen LogP contribution in [0.3, 0.4) is 0 Å². The Balaban J connectivity index is 2.21. The van der Waals surface area contributed by atoms with Crippen molar-refractivity contribution in [3.05, 3.63) is 46.2 Å². The van der Waals surface area contributed by atoms with E-state index in [1.807, 2.05) is 38.1 Å². The van der Waals surface area contributed by atoms with Crippen molar-refractivity contribution in [3.8, 4) is 11.5 Å². The van der Waals surface area contributed by atoms with Gasteiger partial charge in [0.2, 0.25) is 0 Å². The van der Waals surface area contributed by atoms with Gasteiger partial charge in [-0.25, -0.2) is 4.98 Å². The third kappa shape index (κ3) is 3.22. The van der Waals surface area contributed by atoms with E-state index < -0.39 is 0 Å². The van der Waals surface area contributed by atoms with Gasteiger partial charge in [-0.15, -0.1) is 0 Å². The van der Waals surface area contributed by atoms with Crippen molar-refractivity contribution in [1.82, 2.24) is 4.98 Å². The molecule has 0 fully saturated rings. The molecule has 1 atom stereocenters. The van der Waals surface area contributed by atoms with Crippen LogP contribution >= 0.6 is 15.9 Å². The number of aryl methyl sites for hydroxylation is 1. The molecule has 0 aliphatic heterocycles. The van der Waals surface area contributed by atoms with Crippen LogP contribution < -0.4 is 10.1 Å². The first-order valence-electron chi connectivity index (χ1n) is 6.28. The normalized spacial score (nSPS) is 12.0. The zero-order chi connectivity index (χ0) is 14.7. The molecule has 1 aromatic heterocycles. The summed E-state index contributed by atoms with van der Waals surface area (Å²) in [6.45, 7) is 4.00. The van der Waals surface area contributed by atoms with E-state index in [1.54, 1.807) is 13.2 Å². The van der Waals surface area contributed by atoms with Crippen LogP contribution in [0.25, 0.3) is 0 Å². The summed E-state index contributed by atoms with van der Waals surface area (Å²) in [4.78, 5) is 4.36. The number of hydrogen-bond donors (Lipinski definition) is 2. The first-order valence-corrected chi connectivity index (χ1v) is 7.07. The summed E-state index contributed by atoms with van der Waals surface area (Å²) >= 11 is 3.35. The molecule has 0 amide bonds. The van der Waals surface area contributed by atoms with Gasteiger partial charge < -0.3 is 15.2 Å². The molecule has 106 valence electrons. The van der Waals surface area contributed by atoms with Crippen LogP contribution in [-0.2, 0) is 0 Å². The van der Waals surface area contributed by atoms with E-state index >= 15 is 0 Å². The number of nitrogens with one attached hydrogen (secondary N) is 1. The number of anilines is 1. The monoisotopic (exact) mass is 336 g/mol. The highest BCUT2D eigenvalue weighted by molar-refractivity contribution is 9.10. The molecule has 4 nitrogen and oxygen atoms in total. The van der Waals surface area contributed by atoms with Gasteiger partial charge in [-0.05, 0) is 59.6 Å². The quantitative estimate of drug-likeness (QED) is 0.827. The van der Waals surface area contributed by atoms with E-state index in [4.69, 9.17) is 4.74 Å². The number of aromatic hydroxyl groups is 1. The van der Waals surface area contributed by atoms with Crippen molar-refractivity contribution in [2.75, 3.05) is 12.4 Å². The molecular weight excluding hydrogens is 320 g/mol. The van der Waals surface area contributed by atoms with Gasteiger partial charge in [-0.1, -0.05) is 6.07 Å². The van der Waals surface area contributed by atoms with Crippen LogP contribution in [0.4, 0.5) is 5.69 Å². The number of methoxy groups -OCH3 is 1. The summed E-state index contributed by atoms with van der Waals surface area (Å²) in [5.74, 6) is 0.617. The average Bonchev–Trinajstić information content (AvgIpc) is 2.42. The number of halogens is 1. The fraction of sp³-hybridized carbons (Fsp3) is 0.267. The fourth-order valence-corrected chi connectivity index (χ4v) is 2.36. The van der Waals surface area contributed by atoms with Gasteiger partial charge >= 0.3 is 0 Å². The van der Waals surface area contributed by atoms with Gasteiger partial charge in [0, 0.05) is 6.04 Å². The Bertz CT molecular complexity index is 617. The van der Waals surface area contributed by atoms with Gasteiger partial charge in [0.15, 0.2) is 11.5 Å². The summed E-state index contributed by atoms with van der Waals surface area (Å²) in [6, 6.07) is 9.30. The fourth-order valence-electron chi connectivity index (χ4n) is 1.96. The van der Waals surface area contributed by atoms with Crippen LogP contribution in [-0.4, -0.2) is 17.2 Å². The molecule has 0 saturated carbocycles. The summed E-state index contributed by atoms with van der Waals surface area (Å²) < 4.78 is 5.95. The predicted octanol–water partition coefficient (Wildman–Crippen LogP) is 4.04. The van der Waals surface area contributed by atoms with Crippen molar-refractivity contribution in [3.63, 3.8) is 0 Å². The zero-order valence-corrected chi connectivity index (χ0v) is 13.2. The number of ether oxygens (including phenoxy) is 1. The number of hydrogen-bond acceptors (Lipinski definition) is 4. The lowest BCUT2D eigenvalue weighted by molar-refractivity contribution is 0.373. The smallest absolute Gasteiger partial charge is 0.160 e. The van der Waals surface area contributed by atoms with E-state index in [2.05, 4.69) is 26.2 Å². The first-order chi connectivity index (χ1) is 9.51. The molecule has 0 radical (unpaired) electrons. The van der Waals surface area contributed by atoms with E-state index in [-0.39, 0.29) is 11.8 Å². The molecule has 0 saturated heterocycles. The van der Waals surface area contributed by atoms with Gasteiger partial charge in [-0.2, -0.15) is 0 Å². The van der Waals surface area contributed by atoms with Gasteiger partial charge in [-0.3, -0.25) is 0 Å². The van der Waals surface area contributed by atoms with Gasteiger partial charge in [0.1, 0.15) is 4.60 Å². The molecule has 1 heterocycles. The minimum atomic E-state index is 0.0752. The Morgan fingerprint density at radius 2 is 2.05 bits per heavy atom. The molecule has 0 aliphatic carbocycles. The summed E-state index contributed by atoms with van der Waals surface area (Å²) in [6.07, 6.45) is 0. The van der Waals surface area contributed by atoms with Crippen LogP contribution in [0, 0.1) is 6.92 Å². The molecule has 0 aliphatic rings. The Morgan fingerprint density at radius 3 is 2.70 bits per heavy atom. The van der Waals surface area contributed by atoms with E-state index in [0.29, 0.717) is 5.75 Å². The lowest BCUT2D eigenvalue weighted by Gasteiger charge is -2.18. The van der Waals surface area contributed by atoms with Crippen molar-refractivity contribution in [2.24, 2.45) is 0 Å². The minimum absolute atomic E-state index is 0.0752. The SMILES string of the molecule is COc1cc(C(C)Nc2ccc(Br)nc2C)ccc1O. The van der Waals surface area contributed by atoms with Gasteiger partial charge in [0.25, 0.3) is 0 Å². The number of nitrogens with zero attached hydrogens (tertiary/aromatic N) is 1. The Hall–Kier alpha value is -1.75. The predicted molar refractivity (Wildman–Crippen MR) is 83.4 cm³/mol. The van der Waals surface area contributed by atoms with Crippen LogP contribution in [0.1, 0.15) is 24.2 Å². The molecule has 0 bridgehead atoms. The van der Waals surface area contributed by atoms with Crippen LogP contribution in [0.2, 0.25) is 0 Å². The number of phenols is 1. The average molecular weight is 337 g/mol. The molecule has 2 N–H and O–H groups in total. The van der Waals surface area contributed by atoms with Gasteiger partial charge in [0.05, 0.1) is 18.5 Å². The topological polar surface area (TPSA) is 54.4 Å². The van der Waals surface area contributed by atoms with Crippen molar-refractivity contribution in [1.29, 1.82) is 0 Å². The zero-order valence-electron chi connectivity index (χ0n) is 11.6. The molecule has 2 aromatic rings. The second-order valence-electron chi connectivity index (χ2n) is 4.56. The van der Waals surface area contributed by atoms with E-state index in [1.165, 1.54) is 0 Å². The number of phenolic OH excluding ortho intramolecular Hbond substituents is 1. The largest absolute Gasteiger partial charge is 0.504 e. The Labute approximate surface area is 126 Å². The number of rotatable bonds is 4. The molecule has 2 rings (SSSR count). The third-order valence-electron chi connectivity index (χ3n) is 3.13. The molecular formula is C15H17BrN2O2. The van der Waals surface area contributed by atoms with Crippen molar-refractivity contribution < 1.29 is 9.84 Å². The minimum Gasteiger partial charge on any atom is -0.504 e. The van der Waals surface area contributed by atoms with Crippen LogP contribution in [0.5, 0.6) is 11.5 Å². The summed E-state index contributed by atoms with van der Waals surface area (Å²) in [7, 11) is 1.54. The van der Waals surface area contributed by atoms with E-state index in [0.717, 1.165) is 21.5 Å². The second-order valence-corrected chi connectivity index (χ2v) is 5.38. The first kappa shape index (κ1) is 14.7. The molecule has 1 aromatic carbocycles. The number of aromatic nitrogens is 1. The highest BCUT2D eigenvalue weighted by atomic mass is 79.9. The second kappa shape index (κ2) is 6.13. The highest BCUT2D eigenvalue weighted by Gasteiger charge is 2.10. The maximum Gasteiger partial charge on any atom is 0.160 e. The molecule has 1 unspecified atom stereocenters. The Morgan fingerprint density at radius 1 is 1.30 bits per heavy atom. The highest BCUT2D eigenvalue weighted by Crippen LogP contribution is 2.30. The van der Waals surface area contributed by atoms with Crippen molar-refractivity contribution in [2.45, 2.75) is 19.9 Å². The number of benzene rings is 1. The lowest BCUT2D eigenvalue weighted by atomic mass is 10.1. The molecule has 20 heavy (non-hydrogen) atoms. The summed E-state index contributed by atoms with van der Waals surface area (Å²) in [5.41, 5.74) is 2.94. The summed E-state index contributed by atoms with van der Waals surface area (Å²) in [5, 5.41) is 13.0.